The molecule has 1 aromatic heterocycles. The standard InChI is InChI=1S/C13H18F3N3O/c1-8(2)18-12(20)6-9(3)19-11-7-10(4-5-17-11)13(14,15)16/h4-5,7-9H,6H2,1-3H3,(H,17,19)(H,18,20). The van der Waals surface area contributed by atoms with Gasteiger partial charge in [0.1, 0.15) is 5.82 Å². The van der Waals surface area contributed by atoms with E-state index in [-0.39, 0.29) is 30.2 Å². The summed E-state index contributed by atoms with van der Waals surface area (Å²) >= 11 is 0. The number of halogens is 3. The molecule has 0 aliphatic heterocycles. The molecule has 1 aromatic rings. The molecule has 0 radical (unpaired) electrons. The number of pyridine rings is 1. The number of rotatable bonds is 5. The monoisotopic (exact) mass is 289 g/mol. The maximum absolute atomic E-state index is 12.5. The largest absolute Gasteiger partial charge is 0.416 e. The molecular weight excluding hydrogens is 271 g/mol. The van der Waals surface area contributed by atoms with Crippen LogP contribution in [0.2, 0.25) is 0 Å². The number of hydrogen-bond acceptors (Lipinski definition) is 3. The Morgan fingerprint density at radius 2 is 2.00 bits per heavy atom. The molecule has 1 rings (SSSR count). The summed E-state index contributed by atoms with van der Waals surface area (Å²) < 4.78 is 37.6. The van der Waals surface area contributed by atoms with E-state index in [9.17, 15) is 18.0 Å². The number of alkyl halides is 3. The van der Waals surface area contributed by atoms with Crippen molar-refractivity contribution in [1.82, 2.24) is 10.3 Å². The molecule has 0 bridgehead atoms. The highest BCUT2D eigenvalue weighted by Crippen LogP contribution is 2.29. The summed E-state index contributed by atoms with van der Waals surface area (Å²) in [5.74, 6) is -0.0587. The predicted molar refractivity (Wildman–Crippen MR) is 70.2 cm³/mol. The van der Waals surface area contributed by atoms with Crippen LogP contribution in [0.4, 0.5) is 19.0 Å². The lowest BCUT2D eigenvalue weighted by Gasteiger charge is -2.16. The normalized spacial score (nSPS) is 13.2. The second-order valence-corrected chi connectivity index (χ2v) is 4.90. The summed E-state index contributed by atoms with van der Waals surface area (Å²) in [4.78, 5) is 15.3. The van der Waals surface area contributed by atoms with E-state index in [1.165, 1.54) is 0 Å². The molecule has 1 amide bonds. The van der Waals surface area contributed by atoms with Crippen LogP contribution in [0.1, 0.15) is 32.8 Å². The summed E-state index contributed by atoms with van der Waals surface area (Å²) in [5, 5.41) is 5.50. The Labute approximate surface area is 115 Å². The van der Waals surface area contributed by atoms with Crippen molar-refractivity contribution in [2.24, 2.45) is 0 Å². The highest BCUT2D eigenvalue weighted by molar-refractivity contribution is 5.77. The quantitative estimate of drug-likeness (QED) is 0.876. The molecule has 0 fully saturated rings. The van der Waals surface area contributed by atoms with Crippen molar-refractivity contribution in [3.63, 3.8) is 0 Å². The van der Waals surface area contributed by atoms with Gasteiger partial charge in [0, 0.05) is 24.7 Å². The van der Waals surface area contributed by atoms with Gasteiger partial charge in [-0.25, -0.2) is 4.98 Å². The maximum atomic E-state index is 12.5. The fourth-order valence-electron chi connectivity index (χ4n) is 1.65. The van der Waals surface area contributed by atoms with E-state index in [1.807, 2.05) is 13.8 Å². The maximum Gasteiger partial charge on any atom is 0.416 e. The third kappa shape index (κ3) is 5.46. The Hall–Kier alpha value is -1.79. The lowest BCUT2D eigenvalue weighted by molar-refractivity contribution is -0.137. The number of carbonyl (C=O) groups excluding carboxylic acids is 1. The molecule has 7 heteroatoms. The fourth-order valence-corrected chi connectivity index (χ4v) is 1.65. The van der Waals surface area contributed by atoms with Crippen molar-refractivity contribution < 1.29 is 18.0 Å². The van der Waals surface area contributed by atoms with Gasteiger partial charge in [0.15, 0.2) is 0 Å². The van der Waals surface area contributed by atoms with E-state index in [0.29, 0.717) is 0 Å². The van der Waals surface area contributed by atoms with Gasteiger partial charge in [0.05, 0.1) is 5.56 Å². The van der Waals surface area contributed by atoms with E-state index in [2.05, 4.69) is 15.6 Å². The predicted octanol–water partition coefficient (Wildman–Crippen LogP) is 2.82. The Morgan fingerprint density at radius 3 is 2.55 bits per heavy atom. The first-order valence-corrected chi connectivity index (χ1v) is 6.27. The van der Waals surface area contributed by atoms with Gasteiger partial charge in [0.25, 0.3) is 0 Å². The number of carbonyl (C=O) groups is 1. The molecule has 0 aliphatic rings. The van der Waals surface area contributed by atoms with Gasteiger partial charge in [-0.15, -0.1) is 0 Å². The fraction of sp³-hybridized carbons (Fsp3) is 0.538. The Kier molecular flexibility index (Phi) is 5.35. The Morgan fingerprint density at radius 1 is 1.35 bits per heavy atom. The number of aromatic nitrogens is 1. The lowest BCUT2D eigenvalue weighted by atomic mass is 10.2. The lowest BCUT2D eigenvalue weighted by Crippen LogP contribution is -2.34. The first-order chi connectivity index (χ1) is 9.18. The topological polar surface area (TPSA) is 54.0 Å². The highest BCUT2D eigenvalue weighted by atomic mass is 19.4. The summed E-state index contributed by atoms with van der Waals surface area (Å²) in [6.07, 6.45) is -3.15. The molecule has 0 aliphatic carbocycles. The zero-order valence-electron chi connectivity index (χ0n) is 11.6. The van der Waals surface area contributed by atoms with Crippen molar-refractivity contribution in [2.75, 3.05) is 5.32 Å². The molecule has 112 valence electrons. The van der Waals surface area contributed by atoms with Crippen LogP contribution in [0.25, 0.3) is 0 Å². The first kappa shape index (κ1) is 16.3. The number of amides is 1. The minimum atomic E-state index is -4.41. The molecule has 2 N–H and O–H groups in total. The SMILES string of the molecule is CC(C)NC(=O)CC(C)Nc1cc(C(F)(F)F)ccn1. The molecular formula is C13H18F3N3O. The van der Waals surface area contributed by atoms with Crippen molar-refractivity contribution >= 4 is 11.7 Å². The zero-order chi connectivity index (χ0) is 15.3. The molecule has 4 nitrogen and oxygen atoms in total. The third-order valence-corrected chi connectivity index (χ3v) is 2.42. The second kappa shape index (κ2) is 6.58. The average Bonchev–Trinajstić information content (AvgIpc) is 2.26. The summed E-state index contributed by atoms with van der Waals surface area (Å²) in [5.41, 5.74) is -0.770. The first-order valence-electron chi connectivity index (χ1n) is 6.27. The molecule has 0 aromatic carbocycles. The summed E-state index contributed by atoms with van der Waals surface area (Å²) in [6.45, 7) is 5.39. The van der Waals surface area contributed by atoms with Crippen molar-refractivity contribution in [2.45, 2.75) is 45.5 Å². The molecule has 1 heterocycles. The molecule has 0 saturated heterocycles. The molecule has 0 saturated carbocycles. The van der Waals surface area contributed by atoms with E-state index in [1.54, 1.807) is 6.92 Å². The smallest absolute Gasteiger partial charge is 0.367 e. The Balaban J connectivity index is 2.62. The molecule has 1 unspecified atom stereocenters. The van der Waals surface area contributed by atoms with Gasteiger partial charge in [-0.3, -0.25) is 4.79 Å². The summed E-state index contributed by atoms with van der Waals surface area (Å²) in [7, 11) is 0. The van der Waals surface area contributed by atoms with E-state index >= 15 is 0 Å². The van der Waals surface area contributed by atoms with Crippen molar-refractivity contribution in [3.8, 4) is 0 Å². The minimum absolute atomic E-state index is 0.0291. The Bertz CT molecular complexity index is 460. The molecule has 1 atom stereocenters. The van der Waals surface area contributed by atoms with Crippen LogP contribution in [0, 0.1) is 0 Å². The van der Waals surface area contributed by atoms with Gasteiger partial charge < -0.3 is 10.6 Å². The average molecular weight is 289 g/mol. The molecule has 20 heavy (non-hydrogen) atoms. The van der Waals surface area contributed by atoms with Crippen molar-refractivity contribution in [3.05, 3.63) is 23.9 Å². The van der Waals surface area contributed by atoms with Crippen LogP contribution in [-0.2, 0) is 11.0 Å². The minimum Gasteiger partial charge on any atom is -0.367 e. The second-order valence-electron chi connectivity index (χ2n) is 4.90. The van der Waals surface area contributed by atoms with Crippen LogP contribution in [0.15, 0.2) is 18.3 Å². The number of nitrogens with zero attached hydrogens (tertiary/aromatic N) is 1. The van der Waals surface area contributed by atoms with E-state index in [0.717, 1.165) is 18.3 Å². The highest BCUT2D eigenvalue weighted by Gasteiger charge is 2.30. The van der Waals surface area contributed by atoms with Gasteiger partial charge >= 0.3 is 6.18 Å². The van der Waals surface area contributed by atoms with Crippen LogP contribution >= 0.6 is 0 Å². The number of anilines is 1. The van der Waals surface area contributed by atoms with Gasteiger partial charge in [-0.1, -0.05) is 0 Å². The van der Waals surface area contributed by atoms with Crippen LogP contribution in [-0.4, -0.2) is 23.0 Å². The third-order valence-electron chi connectivity index (χ3n) is 2.42. The van der Waals surface area contributed by atoms with Crippen LogP contribution in [0.3, 0.4) is 0 Å². The summed E-state index contributed by atoms with van der Waals surface area (Å²) in [6, 6.07) is 1.55. The number of hydrogen-bond donors (Lipinski definition) is 2. The molecule has 0 spiro atoms. The zero-order valence-corrected chi connectivity index (χ0v) is 11.6. The van der Waals surface area contributed by atoms with Gasteiger partial charge in [-0.05, 0) is 32.9 Å². The van der Waals surface area contributed by atoms with Crippen LogP contribution in [0.5, 0.6) is 0 Å². The van der Waals surface area contributed by atoms with Gasteiger partial charge in [0.2, 0.25) is 5.91 Å². The van der Waals surface area contributed by atoms with Crippen molar-refractivity contribution in [1.29, 1.82) is 0 Å². The number of nitrogens with one attached hydrogen (secondary N) is 2. The van der Waals surface area contributed by atoms with E-state index in [4.69, 9.17) is 0 Å². The van der Waals surface area contributed by atoms with Gasteiger partial charge in [-0.2, -0.15) is 13.2 Å². The van der Waals surface area contributed by atoms with E-state index < -0.39 is 11.7 Å². The van der Waals surface area contributed by atoms with Crippen LogP contribution < -0.4 is 10.6 Å².